The maximum absolute atomic E-state index is 12.4. The second-order valence-corrected chi connectivity index (χ2v) is 9.69. The van der Waals surface area contributed by atoms with Crippen molar-refractivity contribution in [3.63, 3.8) is 0 Å². The van der Waals surface area contributed by atoms with Gasteiger partial charge in [-0.15, -0.1) is 0 Å². The number of nitrogens with one attached hydrogen (secondary N) is 1. The minimum Gasteiger partial charge on any atom is -0.444 e. The van der Waals surface area contributed by atoms with E-state index in [-0.39, 0.29) is 17.6 Å². The zero-order chi connectivity index (χ0) is 21.5. The summed E-state index contributed by atoms with van der Waals surface area (Å²) in [5, 5.41) is 4.62. The summed E-state index contributed by atoms with van der Waals surface area (Å²) in [6, 6.07) is 2.22. The first-order valence-electron chi connectivity index (χ1n) is 11.0. The molecule has 1 atom stereocenters. The van der Waals surface area contributed by atoms with Crippen LogP contribution in [0.4, 0.5) is 4.79 Å². The molecule has 1 N–H and O–H groups in total. The van der Waals surface area contributed by atoms with Crippen LogP contribution in [-0.2, 0) is 11.3 Å². The number of hydrogen-bond donors (Lipinski definition) is 1. The van der Waals surface area contributed by atoms with Crippen LogP contribution >= 0.6 is 0 Å². The van der Waals surface area contributed by atoms with E-state index in [1.54, 1.807) is 11.0 Å². The van der Waals surface area contributed by atoms with Crippen LogP contribution in [0.5, 0.6) is 0 Å². The van der Waals surface area contributed by atoms with Gasteiger partial charge in [-0.3, -0.25) is 9.69 Å². The van der Waals surface area contributed by atoms with Gasteiger partial charge < -0.3 is 14.6 Å². The number of carbonyl (C=O) groups excluding carboxylic acids is 1. The van der Waals surface area contributed by atoms with Gasteiger partial charge in [-0.1, -0.05) is 0 Å². The Labute approximate surface area is 177 Å². The number of likely N-dealkylation sites (tertiary alicyclic amines) is 2. The van der Waals surface area contributed by atoms with Gasteiger partial charge in [-0.05, 0) is 59.9 Å². The fraction of sp³-hybridized carbons (Fsp3) is 0.682. The monoisotopic (exact) mass is 415 g/mol. The van der Waals surface area contributed by atoms with Gasteiger partial charge in [-0.2, -0.15) is 5.10 Å². The molecule has 164 valence electrons. The van der Waals surface area contributed by atoms with E-state index in [2.05, 4.69) is 21.9 Å². The first-order chi connectivity index (χ1) is 14.2. The van der Waals surface area contributed by atoms with Gasteiger partial charge in [0, 0.05) is 43.2 Å². The van der Waals surface area contributed by atoms with Gasteiger partial charge in [0.15, 0.2) is 0 Å². The molecule has 4 heterocycles. The zero-order valence-corrected chi connectivity index (χ0v) is 18.5. The number of aromatic amines is 1. The van der Waals surface area contributed by atoms with Gasteiger partial charge in [-0.25, -0.2) is 9.31 Å². The Balaban J connectivity index is 1.51. The molecule has 1 amide bonds. The van der Waals surface area contributed by atoms with Crippen LogP contribution in [0.25, 0.3) is 5.65 Å². The Morgan fingerprint density at radius 1 is 1.23 bits per heavy atom. The van der Waals surface area contributed by atoms with Gasteiger partial charge in [0.1, 0.15) is 11.2 Å². The molecule has 2 aliphatic heterocycles. The molecule has 0 saturated carbocycles. The fourth-order valence-electron chi connectivity index (χ4n) is 4.60. The molecule has 2 aromatic heterocycles. The maximum atomic E-state index is 12.4. The predicted octanol–water partition coefficient (Wildman–Crippen LogP) is 3.12. The van der Waals surface area contributed by atoms with Crippen molar-refractivity contribution < 1.29 is 9.53 Å². The third-order valence-corrected chi connectivity index (χ3v) is 6.24. The molecule has 8 heteroatoms. The molecular formula is C22H33N5O3. The van der Waals surface area contributed by atoms with E-state index in [0.717, 1.165) is 42.8 Å². The van der Waals surface area contributed by atoms with E-state index >= 15 is 0 Å². The second-order valence-electron chi connectivity index (χ2n) is 9.69. The molecule has 8 nitrogen and oxygen atoms in total. The molecule has 2 aliphatic rings. The van der Waals surface area contributed by atoms with E-state index in [1.165, 1.54) is 12.8 Å². The number of aromatic nitrogens is 3. The van der Waals surface area contributed by atoms with E-state index in [4.69, 9.17) is 4.74 Å². The first-order valence-corrected chi connectivity index (χ1v) is 11.0. The minimum atomic E-state index is -0.495. The Hall–Kier alpha value is -2.35. The third kappa shape index (κ3) is 4.38. The van der Waals surface area contributed by atoms with Gasteiger partial charge >= 0.3 is 6.09 Å². The molecular weight excluding hydrogens is 382 g/mol. The summed E-state index contributed by atoms with van der Waals surface area (Å²) in [5.41, 5.74) is 2.20. The average Bonchev–Trinajstić information content (AvgIpc) is 3.27. The Kier molecular flexibility index (Phi) is 5.61. The van der Waals surface area contributed by atoms with Crippen molar-refractivity contribution in [2.75, 3.05) is 19.6 Å². The summed E-state index contributed by atoms with van der Waals surface area (Å²) in [7, 11) is 0. The molecule has 0 aromatic carbocycles. The van der Waals surface area contributed by atoms with Crippen LogP contribution in [0, 0.1) is 0 Å². The molecule has 2 aromatic rings. The number of hydrogen-bond acceptors (Lipinski definition) is 5. The Morgan fingerprint density at radius 3 is 2.60 bits per heavy atom. The topological polar surface area (TPSA) is 82.9 Å². The van der Waals surface area contributed by atoms with Crippen LogP contribution in [0.1, 0.15) is 70.6 Å². The summed E-state index contributed by atoms with van der Waals surface area (Å²) in [6.45, 7) is 11.0. The van der Waals surface area contributed by atoms with Gasteiger partial charge in [0.05, 0.1) is 11.9 Å². The lowest BCUT2D eigenvalue weighted by Crippen LogP contribution is -2.41. The van der Waals surface area contributed by atoms with Crippen molar-refractivity contribution in [2.45, 2.75) is 77.5 Å². The summed E-state index contributed by atoms with van der Waals surface area (Å²) >= 11 is 0. The highest BCUT2D eigenvalue weighted by Gasteiger charge is 2.29. The number of fused-ring (bicyclic) bond motifs is 1. The van der Waals surface area contributed by atoms with Crippen molar-refractivity contribution in [2.24, 2.45) is 0 Å². The number of H-pyrrole nitrogens is 1. The fourth-order valence-corrected chi connectivity index (χ4v) is 4.60. The molecule has 2 fully saturated rings. The van der Waals surface area contributed by atoms with Crippen LogP contribution in [0.2, 0.25) is 0 Å². The van der Waals surface area contributed by atoms with E-state index in [9.17, 15) is 9.59 Å². The van der Waals surface area contributed by atoms with E-state index in [1.807, 2.05) is 31.5 Å². The highest BCUT2D eigenvalue weighted by molar-refractivity contribution is 5.68. The SMILES string of the molecule is C[C@H]1CCCN1Cc1cnn2c(C3CCN(C(=O)OC(C)(C)C)CC3)cc(=O)[nH]c12. The largest absolute Gasteiger partial charge is 0.444 e. The zero-order valence-electron chi connectivity index (χ0n) is 18.5. The number of amides is 1. The smallest absolute Gasteiger partial charge is 0.410 e. The summed E-state index contributed by atoms with van der Waals surface area (Å²) in [5.74, 6) is 0.187. The summed E-state index contributed by atoms with van der Waals surface area (Å²) in [4.78, 5) is 32.0. The number of ether oxygens (including phenoxy) is 1. The highest BCUT2D eigenvalue weighted by Crippen LogP contribution is 2.29. The predicted molar refractivity (Wildman–Crippen MR) is 115 cm³/mol. The molecule has 0 aliphatic carbocycles. The molecule has 30 heavy (non-hydrogen) atoms. The third-order valence-electron chi connectivity index (χ3n) is 6.24. The molecule has 2 saturated heterocycles. The normalized spacial score (nSPS) is 21.5. The molecule has 0 radical (unpaired) electrons. The molecule has 0 spiro atoms. The van der Waals surface area contributed by atoms with Crippen molar-refractivity contribution in [3.8, 4) is 0 Å². The molecule has 0 bridgehead atoms. The van der Waals surface area contributed by atoms with Gasteiger partial charge in [0.2, 0.25) is 0 Å². The van der Waals surface area contributed by atoms with Crippen LogP contribution in [0.15, 0.2) is 17.1 Å². The maximum Gasteiger partial charge on any atom is 0.410 e. The highest BCUT2D eigenvalue weighted by atomic mass is 16.6. The van der Waals surface area contributed by atoms with Crippen molar-refractivity contribution >= 4 is 11.7 Å². The second kappa shape index (κ2) is 8.06. The van der Waals surface area contributed by atoms with Crippen molar-refractivity contribution in [1.29, 1.82) is 0 Å². The average molecular weight is 416 g/mol. The lowest BCUT2D eigenvalue weighted by atomic mass is 9.93. The summed E-state index contributed by atoms with van der Waals surface area (Å²) < 4.78 is 7.39. The Bertz CT molecular complexity index is 965. The van der Waals surface area contributed by atoms with Gasteiger partial charge in [0.25, 0.3) is 5.56 Å². The van der Waals surface area contributed by atoms with E-state index < -0.39 is 5.60 Å². The standard InChI is InChI=1S/C22H33N5O3/c1-15-6-5-9-26(15)14-17-13-23-27-18(12-19(28)24-20(17)27)16-7-10-25(11-8-16)21(29)30-22(2,3)4/h12-13,15-16H,5-11,14H2,1-4H3,(H,24,28)/t15-/m0/s1. The number of carbonyl (C=O) groups is 1. The first kappa shape index (κ1) is 20.9. The lowest BCUT2D eigenvalue weighted by molar-refractivity contribution is 0.0203. The lowest BCUT2D eigenvalue weighted by Gasteiger charge is -2.33. The van der Waals surface area contributed by atoms with Crippen LogP contribution < -0.4 is 5.56 Å². The quantitative estimate of drug-likeness (QED) is 0.833. The number of nitrogens with zero attached hydrogens (tertiary/aromatic N) is 4. The number of piperidine rings is 1. The van der Waals surface area contributed by atoms with Crippen LogP contribution in [0.3, 0.4) is 0 Å². The Morgan fingerprint density at radius 2 is 1.97 bits per heavy atom. The minimum absolute atomic E-state index is 0.0942. The van der Waals surface area contributed by atoms with Crippen molar-refractivity contribution in [3.05, 3.63) is 33.9 Å². The molecule has 4 rings (SSSR count). The van der Waals surface area contributed by atoms with Crippen molar-refractivity contribution in [1.82, 2.24) is 24.4 Å². The summed E-state index contributed by atoms with van der Waals surface area (Å²) in [6.07, 6.45) is 5.63. The van der Waals surface area contributed by atoms with E-state index in [0.29, 0.717) is 19.1 Å². The van der Waals surface area contributed by atoms with Crippen LogP contribution in [-0.4, -0.2) is 61.8 Å². The molecule has 0 unspecified atom stereocenters. The number of rotatable bonds is 3.